The van der Waals surface area contributed by atoms with Crippen LogP contribution >= 0.6 is 0 Å². The minimum atomic E-state index is -4.57. The highest BCUT2D eigenvalue weighted by Crippen LogP contribution is 2.35. The zero-order valence-electron chi connectivity index (χ0n) is 24.5. The Labute approximate surface area is 246 Å². The number of fused-ring (bicyclic) bond motifs is 1. The SMILES string of the molecule is COC(=O)NC(CCC=CC(=O)N(C)C)C(=O)Nc1cccn(Cc2cc3ncc(C(F)(F)F)c(CC(C)C)c3[nH]2)c1=O. The number of hydrogen-bond donors (Lipinski definition) is 3. The quantitative estimate of drug-likeness (QED) is 0.282. The molecule has 1 atom stereocenters. The first kappa shape index (κ1) is 32.9. The number of aromatic amines is 1. The number of methoxy groups -OCH3 is 1. The monoisotopic (exact) mass is 604 g/mol. The number of ether oxygens (including phenoxy) is 1. The fraction of sp³-hybridized carbons (Fsp3) is 0.414. The highest BCUT2D eigenvalue weighted by atomic mass is 19.4. The second-order valence-electron chi connectivity index (χ2n) is 10.5. The van der Waals surface area contributed by atoms with Crippen LogP contribution in [0.4, 0.5) is 23.7 Å². The van der Waals surface area contributed by atoms with Crippen LogP contribution in [0, 0.1) is 5.92 Å². The van der Waals surface area contributed by atoms with Gasteiger partial charge in [-0.1, -0.05) is 19.9 Å². The van der Waals surface area contributed by atoms with Crippen molar-refractivity contribution >= 4 is 34.6 Å². The Bertz CT molecular complexity index is 1560. The molecular formula is C29H35F3N6O5. The highest BCUT2D eigenvalue weighted by molar-refractivity contribution is 5.96. The van der Waals surface area contributed by atoms with Crippen molar-refractivity contribution in [3.63, 3.8) is 0 Å². The van der Waals surface area contributed by atoms with E-state index in [-0.39, 0.29) is 54.4 Å². The molecule has 11 nitrogen and oxygen atoms in total. The number of carbonyl (C=O) groups excluding carboxylic acids is 3. The molecule has 0 aromatic carbocycles. The maximum atomic E-state index is 13.7. The van der Waals surface area contributed by atoms with Gasteiger partial charge in [-0.05, 0) is 55.0 Å². The summed E-state index contributed by atoms with van der Waals surface area (Å²) in [6, 6.07) is 3.43. The average Bonchev–Trinajstić information content (AvgIpc) is 3.34. The normalized spacial score (nSPS) is 12.5. The third kappa shape index (κ3) is 8.69. The van der Waals surface area contributed by atoms with Crippen molar-refractivity contribution in [1.29, 1.82) is 0 Å². The van der Waals surface area contributed by atoms with E-state index >= 15 is 0 Å². The molecule has 0 aliphatic heterocycles. The fourth-order valence-corrected chi connectivity index (χ4v) is 4.35. The molecule has 14 heteroatoms. The Kier molecular flexibility index (Phi) is 10.7. The Morgan fingerprint density at radius 2 is 1.95 bits per heavy atom. The largest absolute Gasteiger partial charge is 0.453 e. The van der Waals surface area contributed by atoms with Gasteiger partial charge in [-0.2, -0.15) is 13.2 Å². The number of likely N-dealkylation sites (N-methyl/N-ethyl adjacent to an activating group) is 1. The molecule has 3 N–H and O–H groups in total. The number of nitrogens with zero attached hydrogens (tertiary/aromatic N) is 3. The summed E-state index contributed by atoms with van der Waals surface area (Å²) in [4.78, 5) is 58.2. The smallest absolute Gasteiger partial charge is 0.418 e. The number of nitrogens with one attached hydrogen (secondary N) is 3. The van der Waals surface area contributed by atoms with Gasteiger partial charge in [0.05, 0.1) is 30.3 Å². The van der Waals surface area contributed by atoms with Crippen LogP contribution in [0.5, 0.6) is 0 Å². The van der Waals surface area contributed by atoms with Crippen LogP contribution in [0.25, 0.3) is 11.0 Å². The zero-order valence-corrected chi connectivity index (χ0v) is 24.5. The van der Waals surface area contributed by atoms with Crippen molar-refractivity contribution < 1.29 is 32.3 Å². The van der Waals surface area contributed by atoms with Crippen molar-refractivity contribution in [3.05, 3.63) is 69.9 Å². The Morgan fingerprint density at radius 1 is 1.23 bits per heavy atom. The number of rotatable bonds is 11. The molecule has 3 amide bonds. The fourth-order valence-electron chi connectivity index (χ4n) is 4.35. The van der Waals surface area contributed by atoms with E-state index in [1.54, 1.807) is 26.2 Å². The lowest BCUT2D eigenvalue weighted by atomic mass is 9.98. The van der Waals surface area contributed by atoms with E-state index in [2.05, 4.69) is 25.3 Å². The van der Waals surface area contributed by atoms with Gasteiger partial charge in [-0.25, -0.2) is 4.79 Å². The van der Waals surface area contributed by atoms with Gasteiger partial charge in [-0.3, -0.25) is 19.4 Å². The van der Waals surface area contributed by atoms with Gasteiger partial charge in [0.15, 0.2) is 0 Å². The van der Waals surface area contributed by atoms with Crippen molar-refractivity contribution in [2.75, 3.05) is 26.5 Å². The molecule has 3 rings (SSSR count). The molecule has 0 radical (unpaired) electrons. The minimum Gasteiger partial charge on any atom is -0.453 e. The predicted octanol–water partition coefficient (Wildman–Crippen LogP) is 4.08. The lowest BCUT2D eigenvalue weighted by Crippen LogP contribution is -2.44. The number of alkyl carbamates (subject to hydrolysis) is 1. The molecule has 3 aromatic rings. The van der Waals surface area contributed by atoms with Gasteiger partial charge in [0.25, 0.3) is 5.56 Å². The minimum absolute atomic E-state index is 0.0318. The zero-order chi connectivity index (χ0) is 31.9. The summed E-state index contributed by atoms with van der Waals surface area (Å²) in [5.41, 5.74) is -0.299. The van der Waals surface area contributed by atoms with E-state index in [1.807, 2.05) is 13.8 Å². The number of allylic oxidation sites excluding steroid dienone is 1. The predicted molar refractivity (Wildman–Crippen MR) is 154 cm³/mol. The lowest BCUT2D eigenvalue weighted by Gasteiger charge is -2.17. The first-order chi connectivity index (χ1) is 20.2. The molecule has 0 aliphatic rings. The maximum absolute atomic E-state index is 13.7. The molecular weight excluding hydrogens is 569 g/mol. The van der Waals surface area contributed by atoms with Crippen LogP contribution in [0.15, 0.2) is 47.5 Å². The molecule has 0 aliphatic carbocycles. The number of aromatic nitrogens is 3. The van der Waals surface area contributed by atoms with Gasteiger partial charge in [0, 0.05) is 32.2 Å². The molecule has 0 fully saturated rings. The maximum Gasteiger partial charge on any atom is 0.418 e. The number of anilines is 1. The van der Waals surface area contributed by atoms with Crippen LogP contribution < -0.4 is 16.2 Å². The number of halogens is 3. The molecule has 43 heavy (non-hydrogen) atoms. The summed E-state index contributed by atoms with van der Waals surface area (Å²) in [7, 11) is 4.33. The van der Waals surface area contributed by atoms with Gasteiger partial charge >= 0.3 is 12.3 Å². The summed E-state index contributed by atoms with van der Waals surface area (Å²) in [5, 5.41) is 4.94. The van der Waals surface area contributed by atoms with E-state index in [0.29, 0.717) is 11.2 Å². The summed E-state index contributed by atoms with van der Waals surface area (Å²) in [6.07, 6.45) is 0.354. The molecule has 3 heterocycles. The summed E-state index contributed by atoms with van der Waals surface area (Å²) >= 11 is 0. The summed E-state index contributed by atoms with van der Waals surface area (Å²) in [5.74, 6) is -0.967. The Balaban J connectivity index is 1.83. The van der Waals surface area contributed by atoms with Crippen molar-refractivity contribution in [3.8, 4) is 0 Å². The molecule has 1 unspecified atom stereocenters. The van der Waals surface area contributed by atoms with E-state index in [0.717, 1.165) is 13.3 Å². The standard InChI is InChI=1S/C29H35F3N6O5/c1-17(2)13-19-20(29(30,31)32)15-33-23-14-18(34-25(19)23)16-38-12-8-10-22(27(38)41)35-26(40)21(36-28(42)43-5)9-6-7-11-24(39)37(3)4/h7-8,10-12,14-15,17,21,34H,6,9,13,16H2,1-5H3,(H,35,40)(H,36,42). The molecule has 3 aromatic heterocycles. The third-order valence-corrected chi connectivity index (χ3v) is 6.47. The number of amides is 3. The first-order valence-electron chi connectivity index (χ1n) is 13.5. The average molecular weight is 605 g/mol. The number of carbonyl (C=O) groups is 3. The van der Waals surface area contributed by atoms with Crippen LogP contribution in [-0.4, -0.2) is 64.6 Å². The van der Waals surface area contributed by atoms with E-state index in [1.165, 1.54) is 33.9 Å². The highest BCUT2D eigenvalue weighted by Gasteiger charge is 2.35. The molecule has 0 spiro atoms. The van der Waals surface area contributed by atoms with Crippen molar-refractivity contribution in [2.45, 2.75) is 51.9 Å². The van der Waals surface area contributed by atoms with Gasteiger partial charge < -0.3 is 29.8 Å². The van der Waals surface area contributed by atoms with Gasteiger partial charge in [0.1, 0.15) is 11.7 Å². The van der Waals surface area contributed by atoms with E-state index < -0.39 is 35.3 Å². The van der Waals surface area contributed by atoms with Gasteiger partial charge in [-0.15, -0.1) is 0 Å². The second kappa shape index (κ2) is 14.0. The number of pyridine rings is 2. The molecule has 0 bridgehead atoms. The molecule has 232 valence electrons. The van der Waals surface area contributed by atoms with Crippen LogP contribution in [0.1, 0.15) is 43.5 Å². The van der Waals surface area contributed by atoms with E-state index in [9.17, 15) is 32.3 Å². The van der Waals surface area contributed by atoms with E-state index in [4.69, 9.17) is 0 Å². The third-order valence-electron chi connectivity index (χ3n) is 6.47. The van der Waals surface area contributed by atoms with Crippen LogP contribution in [0.3, 0.4) is 0 Å². The second-order valence-corrected chi connectivity index (χ2v) is 10.5. The number of H-pyrrole nitrogens is 1. The summed E-state index contributed by atoms with van der Waals surface area (Å²) in [6.45, 7) is 3.61. The molecule has 0 saturated carbocycles. The Hall–Kier alpha value is -4.62. The van der Waals surface area contributed by atoms with Crippen LogP contribution in [0.2, 0.25) is 0 Å². The number of alkyl halides is 3. The molecule has 0 saturated heterocycles. The number of hydrogen-bond acceptors (Lipinski definition) is 6. The lowest BCUT2D eigenvalue weighted by molar-refractivity contribution is -0.138. The van der Waals surface area contributed by atoms with Crippen molar-refractivity contribution in [2.24, 2.45) is 5.92 Å². The topological polar surface area (TPSA) is 138 Å². The van der Waals surface area contributed by atoms with Gasteiger partial charge in [0.2, 0.25) is 11.8 Å². The summed E-state index contributed by atoms with van der Waals surface area (Å²) < 4.78 is 47.0. The Morgan fingerprint density at radius 3 is 2.58 bits per heavy atom. The first-order valence-corrected chi connectivity index (χ1v) is 13.5. The van der Waals surface area contributed by atoms with Crippen molar-refractivity contribution in [1.82, 2.24) is 24.8 Å². The van der Waals surface area contributed by atoms with Crippen LogP contribution in [-0.2, 0) is 33.5 Å².